The summed E-state index contributed by atoms with van der Waals surface area (Å²) >= 11 is 0. The molecule has 0 fully saturated rings. The summed E-state index contributed by atoms with van der Waals surface area (Å²) in [4.78, 5) is 14.2. The molecule has 0 radical (unpaired) electrons. The maximum absolute atomic E-state index is 13.0. The average molecular weight is 314 g/mol. The highest BCUT2D eigenvalue weighted by atomic mass is 19.1. The van der Waals surface area contributed by atoms with E-state index in [1.165, 1.54) is 12.1 Å². The Morgan fingerprint density at radius 3 is 2.48 bits per heavy atom. The zero-order valence-electron chi connectivity index (χ0n) is 14.1. The van der Waals surface area contributed by atoms with Crippen LogP contribution in [-0.2, 0) is 4.79 Å². The number of likely N-dealkylation sites (N-methyl/N-ethyl adjacent to an activating group) is 1. The number of rotatable bonds is 5. The van der Waals surface area contributed by atoms with Gasteiger partial charge in [-0.1, -0.05) is 24.3 Å². The molecular formula is C19H23FN2O. The Morgan fingerprint density at radius 1 is 1.17 bits per heavy atom. The van der Waals surface area contributed by atoms with Gasteiger partial charge < -0.3 is 5.32 Å². The molecule has 2 aromatic rings. The summed E-state index contributed by atoms with van der Waals surface area (Å²) in [7, 11) is 1.89. The van der Waals surface area contributed by atoms with Gasteiger partial charge in [0.1, 0.15) is 5.82 Å². The summed E-state index contributed by atoms with van der Waals surface area (Å²) in [5.41, 5.74) is 3.98. The zero-order valence-corrected chi connectivity index (χ0v) is 14.1. The van der Waals surface area contributed by atoms with Crippen molar-refractivity contribution in [3.05, 3.63) is 65.0 Å². The van der Waals surface area contributed by atoms with Gasteiger partial charge in [-0.05, 0) is 62.7 Å². The van der Waals surface area contributed by atoms with Crippen LogP contribution < -0.4 is 5.32 Å². The zero-order chi connectivity index (χ0) is 17.0. The molecule has 0 bridgehead atoms. The van der Waals surface area contributed by atoms with Crippen molar-refractivity contribution in [2.24, 2.45) is 0 Å². The van der Waals surface area contributed by atoms with Crippen molar-refractivity contribution >= 4 is 11.6 Å². The van der Waals surface area contributed by atoms with Gasteiger partial charge >= 0.3 is 0 Å². The van der Waals surface area contributed by atoms with Gasteiger partial charge in [0.05, 0.1) is 6.54 Å². The summed E-state index contributed by atoms with van der Waals surface area (Å²) in [5.74, 6) is -0.313. The van der Waals surface area contributed by atoms with Crippen molar-refractivity contribution < 1.29 is 9.18 Å². The Bertz CT molecular complexity index is 682. The van der Waals surface area contributed by atoms with E-state index in [9.17, 15) is 9.18 Å². The molecule has 23 heavy (non-hydrogen) atoms. The van der Waals surface area contributed by atoms with Crippen LogP contribution in [0.25, 0.3) is 0 Å². The van der Waals surface area contributed by atoms with E-state index in [0.29, 0.717) is 0 Å². The van der Waals surface area contributed by atoms with Crippen molar-refractivity contribution in [2.75, 3.05) is 18.9 Å². The third kappa shape index (κ3) is 4.63. The monoisotopic (exact) mass is 314 g/mol. The summed E-state index contributed by atoms with van der Waals surface area (Å²) in [5, 5.41) is 2.96. The normalized spacial score (nSPS) is 12.3. The molecule has 3 nitrogen and oxygen atoms in total. The smallest absolute Gasteiger partial charge is 0.238 e. The van der Waals surface area contributed by atoms with Crippen molar-refractivity contribution in [2.45, 2.75) is 26.8 Å². The van der Waals surface area contributed by atoms with E-state index in [0.717, 1.165) is 22.4 Å². The van der Waals surface area contributed by atoms with Crippen LogP contribution >= 0.6 is 0 Å². The molecule has 0 saturated carbocycles. The maximum atomic E-state index is 13.0. The molecule has 0 aliphatic rings. The van der Waals surface area contributed by atoms with Crippen molar-refractivity contribution in [1.82, 2.24) is 4.90 Å². The van der Waals surface area contributed by atoms with E-state index in [2.05, 4.69) is 5.32 Å². The van der Waals surface area contributed by atoms with Gasteiger partial charge in [0.15, 0.2) is 0 Å². The molecule has 2 aromatic carbocycles. The molecule has 1 amide bonds. The van der Waals surface area contributed by atoms with Crippen LogP contribution in [0.2, 0.25) is 0 Å². The first-order chi connectivity index (χ1) is 10.9. The van der Waals surface area contributed by atoms with Gasteiger partial charge in [0.25, 0.3) is 0 Å². The molecule has 1 unspecified atom stereocenters. The molecule has 4 heteroatoms. The Kier molecular flexibility index (Phi) is 5.50. The lowest BCUT2D eigenvalue weighted by Crippen LogP contribution is -2.32. The minimum absolute atomic E-state index is 0.0277. The first-order valence-corrected chi connectivity index (χ1v) is 7.69. The molecule has 0 aromatic heterocycles. The van der Waals surface area contributed by atoms with Crippen LogP contribution in [0.4, 0.5) is 10.1 Å². The van der Waals surface area contributed by atoms with Crippen LogP contribution in [0.3, 0.4) is 0 Å². The lowest BCUT2D eigenvalue weighted by molar-refractivity contribution is -0.117. The predicted molar refractivity (Wildman–Crippen MR) is 92.0 cm³/mol. The topological polar surface area (TPSA) is 32.3 Å². The second-order valence-corrected chi connectivity index (χ2v) is 6.01. The standard InChI is InChI=1S/C19H23FN2O/c1-13-5-6-14(2)18(11-13)21-19(23)12-22(4)15(3)16-7-9-17(20)10-8-16/h5-11,15H,12H2,1-4H3,(H,21,23). The van der Waals surface area contributed by atoms with Crippen molar-refractivity contribution in [3.8, 4) is 0 Å². The third-order valence-electron chi connectivity index (χ3n) is 4.07. The second kappa shape index (κ2) is 7.38. The number of anilines is 1. The van der Waals surface area contributed by atoms with Gasteiger partial charge in [-0.15, -0.1) is 0 Å². The molecule has 0 heterocycles. The Hall–Kier alpha value is -2.20. The van der Waals surface area contributed by atoms with Crippen molar-refractivity contribution in [3.63, 3.8) is 0 Å². The molecule has 1 N–H and O–H groups in total. The Labute approximate surface area is 137 Å². The number of carbonyl (C=O) groups is 1. The number of amides is 1. The van der Waals surface area contributed by atoms with E-state index < -0.39 is 0 Å². The number of nitrogens with one attached hydrogen (secondary N) is 1. The Morgan fingerprint density at radius 2 is 1.83 bits per heavy atom. The third-order valence-corrected chi connectivity index (χ3v) is 4.07. The van der Waals surface area contributed by atoms with E-state index in [-0.39, 0.29) is 24.3 Å². The molecule has 2 rings (SSSR count). The lowest BCUT2D eigenvalue weighted by Gasteiger charge is -2.24. The molecule has 0 spiro atoms. The van der Waals surface area contributed by atoms with Crippen LogP contribution in [0.15, 0.2) is 42.5 Å². The molecule has 0 aliphatic heterocycles. The minimum Gasteiger partial charge on any atom is -0.325 e. The van der Waals surface area contributed by atoms with Crippen LogP contribution in [0, 0.1) is 19.7 Å². The lowest BCUT2D eigenvalue weighted by atomic mass is 10.1. The van der Waals surface area contributed by atoms with Crippen LogP contribution in [0.1, 0.15) is 29.7 Å². The fourth-order valence-corrected chi connectivity index (χ4v) is 2.42. The maximum Gasteiger partial charge on any atom is 0.238 e. The summed E-state index contributed by atoms with van der Waals surface area (Å²) < 4.78 is 13.0. The number of hydrogen-bond acceptors (Lipinski definition) is 2. The number of benzene rings is 2. The molecule has 0 saturated heterocycles. The van der Waals surface area contributed by atoms with Crippen LogP contribution in [-0.4, -0.2) is 24.4 Å². The van der Waals surface area contributed by atoms with E-state index in [4.69, 9.17) is 0 Å². The first kappa shape index (κ1) is 17.2. The average Bonchev–Trinajstić information content (AvgIpc) is 2.51. The highest BCUT2D eigenvalue weighted by Crippen LogP contribution is 2.20. The van der Waals surface area contributed by atoms with Gasteiger partial charge in [0, 0.05) is 11.7 Å². The summed E-state index contributed by atoms with van der Waals surface area (Å²) in [6.45, 7) is 6.24. The van der Waals surface area contributed by atoms with E-state index >= 15 is 0 Å². The highest BCUT2D eigenvalue weighted by Gasteiger charge is 2.15. The first-order valence-electron chi connectivity index (χ1n) is 7.69. The number of aryl methyl sites for hydroxylation is 2. The van der Waals surface area contributed by atoms with Gasteiger partial charge in [0.2, 0.25) is 5.91 Å². The van der Waals surface area contributed by atoms with Gasteiger partial charge in [-0.2, -0.15) is 0 Å². The molecule has 122 valence electrons. The molecule has 1 atom stereocenters. The molecular weight excluding hydrogens is 291 g/mol. The number of nitrogens with zero attached hydrogens (tertiary/aromatic N) is 1. The number of carbonyl (C=O) groups excluding carboxylic acids is 1. The summed E-state index contributed by atoms with van der Waals surface area (Å²) in [6.07, 6.45) is 0. The van der Waals surface area contributed by atoms with E-state index in [1.54, 1.807) is 12.1 Å². The fraction of sp³-hybridized carbons (Fsp3) is 0.316. The van der Waals surface area contributed by atoms with Crippen molar-refractivity contribution in [1.29, 1.82) is 0 Å². The Balaban J connectivity index is 1.99. The minimum atomic E-state index is -0.253. The van der Waals surface area contributed by atoms with Crippen LogP contribution in [0.5, 0.6) is 0 Å². The second-order valence-electron chi connectivity index (χ2n) is 6.01. The van der Waals surface area contributed by atoms with E-state index in [1.807, 2.05) is 50.9 Å². The summed E-state index contributed by atoms with van der Waals surface area (Å²) in [6, 6.07) is 12.4. The highest BCUT2D eigenvalue weighted by molar-refractivity contribution is 5.93. The fourth-order valence-electron chi connectivity index (χ4n) is 2.42. The SMILES string of the molecule is Cc1ccc(C)c(NC(=O)CN(C)C(C)c2ccc(F)cc2)c1. The number of hydrogen-bond donors (Lipinski definition) is 1. The quantitative estimate of drug-likeness (QED) is 0.902. The number of halogens is 1. The largest absolute Gasteiger partial charge is 0.325 e. The molecule has 0 aliphatic carbocycles. The predicted octanol–water partition coefficient (Wildman–Crippen LogP) is 4.07. The van der Waals surface area contributed by atoms with Gasteiger partial charge in [-0.3, -0.25) is 9.69 Å². The van der Waals surface area contributed by atoms with Gasteiger partial charge in [-0.25, -0.2) is 4.39 Å².